The Hall–Kier alpha value is -2.62. The summed E-state index contributed by atoms with van der Waals surface area (Å²) >= 11 is 0. The number of hydrogen-bond acceptors (Lipinski definition) is 17. The molecule has 1 amide bonds. The van der Waals surface area contributed by atoms with Crippen LogP contribution in [-0.2, 0) is 35.2 Å². The normalized spacial score (nSPS) is 39.0. The molecule has 282 valence electrons. The van der Waals surface area contributed by atoms with Crippen LogP contribution in [0.3, 0.4) is 0 Å². The minimum absolute atomic E-state index is 0.0427. The molecule has 1 aromatic carbocycles. The van der Waals surface area contributed by atoms with E-state index < -0.39 is 119 Å². The zero-order valence-corrected chi connectivity index (χ0v) is 26.6. The highest BCUT2D eigenvalue weighted by molar-refractivity contribution is 5.90. The zero-order valence-electron chi connectivity index (χ0n) is 26.6. The molecule has 1 aromatic rings. The number of benzene rings is 1. The quantitative estimate of drug-likeness (QED) is 0.0640. The number of ether oxygens (including phenoxy) is 6. The van der Waals surface area contributed by atoms with Gasteiger partial charge in [0.15, 0.2) is 12.6 Å². The number of aliphatic hydroxyl groups is 10. The molecule has 11 N–H and O–H groups in total. The smallest absolute Gasteiger partial charge is 0.229 e. The Morgan fingerprint density at radius 2 is 1.28 bits per heavy atom. The van der Waals surface area contributed by atoms with E-state index in [1.165, 1.54) is 18.2 Å². The SMILES string of the molecule is C#CCCCC(=O)Nc1ccc(O[C@@H]2OC(CO)[C@@H](O[C@H]3OC(CO)[C@@H](O[C@H]4OC(CO)[C@@H](O)[C@H](O)C4O)[C@H](O)C3O)[C@H](O)C2O)c(CF)c1. The van der Waals surface area contributed by atoms with Gasteiger partial charge in [0.25, 0.3) is 0 Å². The fraction of sp³-hybridized carbons (Fsp3) is 0.710. The maximum absolute atomic E-state index is 14.0. The average Bonchev–Trinajstić information content (AvgIpc) is 3.11. The van der Waals surface area contributed by atoms with Gasteiger partial charge in [-0.2, -0.15) is 0 Å². The number of rotatable bonds is 14. The predicted octanol–water partition coefficient (Wildman–Crippen LogP) is -4.27. The fourth-order valence-corrected chi connectivity index (χ4v) is 5.72. The van der Waals surface area contributed by atoms with Crippen molar-refractivity contribution in [3.8, 4) is 18.1 Å². The summed E-state index contributed by atoms with van der Waals surface area (Å²) in [4.78, 5) is 12.1. The summed E-state index contributed by atoms with van der Waals surface area (Å²) in [7, 11) is 0. The van der Waals surface area contributed by atoms with Gasteiger partial charge in [-0.3, -0.25) is 4.79 Å². The van der Waals surface area contributed by atoms with Crippen molar-refractivity contribution in [2.45, 2.75) is 118 Å². The maximum atomic E-state index is 14.0. The van der Waals surface area contributed by atoms with Crippen LogP contribution in [0.4, 0.5) is 10.1 Å². The standard InChI is InChI=1S/C31H44FNO17/c1-2-3-4-5-19(37)33-14-6-7-15(13(8-14)9-32)45-29-25(43)22(40)27(17(11-35)47-29)50-31-26(44)23(41)28(18(12-36)48-31)49-30-24(42)21(39)20(38)16(10-34)46-30/h1,6-8,16-18,20-31,34-36,38-44H,3-5,9-12H2,(H,33,37)/t16?,17?,18?,20-,21+,22-,23-,24?,25?,26?,27-,28-,29-,30-,31-/m1/s1. The molecule has 19 heteroatoms. The Bertz CT molecular complexity index is 1280. The summed E-state index contributed by atoms with van der Waals surface area (Å²) in [5, 5.41) is 106. The number of alkyl halides is 1. The Kier molecular flexibility index (Phi) is 14.6. The fourth-order valence-electron chi connectivity index (χ4n) is 5.72. The number of anilines is 1. The van der Waals surface area contributed by atoms with Crippen LogP contribution in [0.25, 0.3) is 0 Å². The summed E-state index contributed by atoms with van der Waals surface area (Å²) < 4.78 is 47.2. The van der Waals surface area contributed by atoms with Crippen molar-refractivity contribution in [2.24, 2.45) is 0 Å². The molecule has 18 nitrogen and oxygen atoms in total. The summed E-state index contributed by atoms with van der Waals surface area (Å²) in [5.41, 5.74) is 0.219. The number of halogens is 1. The Balaban J connectivity index is 1.41. The van der Waals surface area contributed by atoms with Gasteiger partial charge in [-0.1, -0.05) is 0 Å². The van der Waals surface area contributed by atoms with E-state index in [0.29, 0.717) is 12.8 Å². The lowest BCUT2D eigenvalue weighted by Gasteiger charge is -2.48. The third kappa shape index (κ3) is 9.05. The van der Waals surface area contributed by atoms with Crippen LogP contribution in [0.1, 0.15) is 24.8 Å². The first-order valence-electron chi connectivity index (χ1n) is 15.8. The van der Waals surface area contributed by atoms with Gasteiger partial charge in [-0.25, -0.2) is 4.39 Å². The van der Waals surface area contributed by atoms with Crippen LogP contribution in [0.5, 0.6) is 5.75 Å². The Morgan fingerprint density at radius 1 is 0.760 bits per heavy atom. The number of carbonyl (C=O) groups is 1. The number of aliphatic hydroxyl groups excluding tert-OH is 10. The molecule has 3 aliphatic heterocycles. The first kappa shape index (κ1) is 40.2. The molecule has 6 unspecified atom stereocenters. The molecule has 3 heterocycles. The van der Waals surface area contributed by atoms with E-state index in [-0.39, 0.29) is 29.3 Å². The van der Waals surface area contributed by atoms with Gasteiger partial charge >= 0.3 is 0 Å². The van der Waals surface area contributed by atoms with Gasteiger partial charge in [0.2, 0.25) is 12.2 Å². The largest absolute Gasteiger partial charge is 0.462 e. The summed E-state index contributed by atoms with van der Waals surface area (Å²) in [6.45, 7) is -3.54. The lowest BCUT2D eigenvalue weighted by atomic mass is 9.96. The highest BCUT2D eigenvalue weighted by Gasteiger charge is 2.53. The van der Waals surface area contributed by atoms with Crippen LogP contribution in [0, 0.1) is 12.3 Å². The number of nitrogens with one attached hydrogen (secondary N) is 1. The van der Waals surface area contributed by atoms with Crippen LogP contribution >= 0.6 is 0 Å². The minimum atomic E-state index is -1.99. The second kappa shape index (κ2) is 18.2. The third-order valence-electron chi connectivity index (χ3n) is 8.53. The lowest BCUT2D eigenvalue weighted by molar-refractivity contribution is -0.376. The van der Waals surface area contributed by atoms with Gasteiger partial charge in [-0.15, -0.1) is 12.3 Å². The van der Waals surface area contributed by atoms with Crippen molar-refractivity contribution in [1.29, 1.82) is 0 Å². The molecular formula is C31H44FNO17. The molecule has 0 aromatic heterocycles. The maximum Gasteiger partial charge on any atom is 0.229 e. The van der Waals surface area contributed by atoms with Crippen molar-refractivity contribution >= 4 is 11.6 Å². The Morgan fingerprint density at radius 3 is 1.82 bits per heavy atom. The van der Waals surface area contributed by atoms with Gasteiger partial charge in [0.05, 0.1) is 19.8 Å². The van der Waals surface area contributed by atoms with Gasteiger partial charge in [0, 0.05) is 24.1 Å². The van der Waals surface area contributed by atoms with Crippen molar-refractivity contribution in [3.63, 3.8) is 0 Å². The molecule has 3 aliphatic rings. The number of carbonyl (C=O) groups excluding carboxylic acids is 1. The van der Waals surface area contributed by atoms with Crippen LogP contribution < -0.4 is 10.1 Å². The third-order valence-corrected chi connectivity index (χ3v) is 8.53. The van der Waals surface area contributed by atoms with Crippen molar-refractivity contribution in [3.05, 3.63) is 23.8 Å². The predicted molar refractivity (Wildman–Crippen MR) is 162 cm³/mol. The molecule has 3 fully saturated rings. The van der Waals surface area contributed by atoms with Gasteiger partial charge in [0.1, 0.15) is 85.7 Å². The summed E-state index contributed by atoms with van der Waals surface area (Å²) in [5.74, 6) is 1.97. The van der Waals surface area contributed by atoms with Crippen LogP contribution in [0.15, 0.2) is 18.2 Å². The first-order valence-corrected chi connectivity index (χ1v) is 15.8. The summed E-state index contributed by atoms with van der Waals surface area (Å²) in [6, 6.07) is 4.01. The minimum Gasteiger partial charge on any atom is -0.462 e. The molecule has 0 aliphatic carbocycles. The van der Waals surface area contributed by atoms with E-state index >= 15 is 0 Å². The van der Waals surface area contributed by atoms with E-state index in [0.717, 1.165) is 0 Å². The average molecular weight is 722 g/mol. The highest BCUT2D eigenvalue weighted by Crippen LogP contribution is 2.34. The van der Waals surface area contributed by atoms with Crippen LogP contribution in [-0.4, -0.2) is 169 Å². The topological polar surface area (TPSA) is 287 Å². The molecular weight excluding hydrogens is 677 g/mol. The number of amides is 1. The van der Waals surface area contributed by atoms with Crippen LogP contribution in [0.2, 0.25) is 0 Å². The van der Waals surface area contributed by atoms with Crippen molar-refractivity contribution in [1.82, 2.24) is 0 Å². The second-order valence-electron chi connectivity index (χ2n) is 12.0. The van der Waals surface area contributed by atoms with Crippen molar-refractivity contribution in [2.75, 3.05) is 25.1 Å². The molecule has 0 bridgehead atoms. The monoisotopic (exact) mass is 721 g/mol. The van der Waals surface area contributed by atoms with E-state index in [9.17, 15) is 60.3 Å². The number of unbranched alkanes of at least 4 members (excludes halogenated alkanes) is 1. The van der Waals surface area contributed by atoms with Gasteiger partial charge < -0.3 is 84.8 Å². The summed E-state index contributed by atoms with van der Waals surface area (Å²) in [6.07, 6.45) is -19.8. The Labute approximate surface area is 285 Å². The molecule has 0 radical (unpaired) electrons. The van der Waals surface area contributed by atoms with E-state index in [2.05, 4.69) is 11.2 Å². The molecule has 0 spiro atoms. The lowest BCUT2D eigenvalue weighted by Crippen LogP contribution is -2.66. The van der Waals surface area contributed by atoms with E-state index in [1.807, 2.05) is 0 Å². The molecule has 15 atom stereocenters. The number of terminal acetylenes is 1. The highest BCUT2D eigenvalue weighted by atomic mass is 19.1. The molecule has 50 heavy (non-hydrogen) atoms. The second-order valence-corrected chi connectivity index (χ2v) is 12.0. The van der Waals surface area contributed by atoms with E-state index in [4.69, 9.17) is 34.8 Å². The van der Waals surface area contributed by atoms with Gasteiger partial charge in [-0.05, 0) is 24.6 Å². The molecule has 3 saturated heterocycles. The molecule has 4 rings (SSSR count). The van der Waals surface area contributed by atoms with E-state index in [1.54, 1.807) is 0 Å². The molecule has 0 saturated carbocycles. The number of hydrogen-bond donors (Lipinski definition) is 11. The van der Waals surface area contributed by atoms with Crippen molar-refractivity contribution < 1.29 is 88.7 Å². The zero-order chi connectivity index (χ0) is 36.7. The first-order chi connectivity index (χ1) is 23.9.